The van der Waals surface area contributed by atoms with Gasteiger partial charge in [-0.2, -0.15) is 0 Å². The Morgan fingerprint density at radius 2 is 2.26 bits per heavy atom. The molecule has 0 spiro atoms. The summed E-state index contributed by atoms with van der Waals surface area (Å²) < 4.78 is 2.34. The van der Waals surface area contributed by atoms with E-state index in [0.717, 1.165) is 24.5 Å². The second-order valence-corrected chi connectivity index (χ2v) is 5.31. The minimum absolute atomic E-state index is 0.0243. The maximum atomic E-state index is 11.9. The highest BCUT2D eigenvalue weighted by Crippen LogP contribution is 1.97. The van der Waals surface area contributed by atoms with Crippen molar-refractivity contribution in [1.82, 2.24) is 19.9 Å². The normalized spacial score (nSPS) is 10.6. The first-order valence-electron chi connectivity index (χ1n) is 6.00. The van der Waals surface area contributed by atoms with Crippen LogP contribution in [-0.4, -0.2) is 21.1 Å². The van der Waals surface area contributed by atoms with Gasteiger partial charge in [0.25, 0.3) is 5.56 Å². The van der Waals surface area contributed by atoms with Crippen LogP contribution in [0, 0.1) is 10.5 Å². The topological polar surface area (TPSA) is 59.8 Å². The third-order valence-electron chi connectivity index (χ3n) is 2.77. The minimum atomic E-state index is 0.0243. The van der Waals surface area contributed by atoms with Crippen molar-refractivity contribution in [3.63, 3.8) is 0 Å². The van der Waals surface area contributed by atoms with Crippen LogP contribution in [-0.2, 0) is 13.1 Å². The van der Waals surface area contributed by atoms with Crippen LogP contribution in [0.25, 0.3) is 0 Å². The van der Waals surface area contributed by atoms with Gasteiger partial charge in [-0.3, -0.25) is 14.3 Å². The van der Waals surface area contributed by atoms with Crippen molar-refractivity contribution in [3.05, 3.63) is 56.0 Å². The highest BCUT2D eigenvalue weighted by molar-refractivity contribution is 14.1. The fraction of sp³-hybridized carbons (Fsp3) is 0.308. The van der Waals surface area contributed by atoms with E-state index in [4.69, 9.17) is 0 Å². The summed E-state index contributed by atoms with van der Waals surface area (Å²) in [5, 5.41) is 3.29. The average Bonchev–Trinajstić information content (AvgIpc) is 2.43. The number of hydrogen-bond donors (Lipinski definition) is 1. The maximum absolute atomic E-state index is 11.9. The molecular formula is C13H15IN4O. The molecule has 0 saturated heterocycles. The summed E-state index contributed by atoms with van der Waals surface area (Å²) in [6.45, 7) is 3.93. The lowest BCUT2D eigenvalue weighted by atomic mass is 10.3. The van der Waals surface area contributed by atoms with E-state index in [1.165, 1.54) is 0 Å². The van der Waals surface area contributed by atoms with Crippen LogP contribution in [0.15, 0.2) is 35.5 Å². The zero-order valence-corrected chi connectivity index (χ0v) is 12.8. The van der Waals surface area contributed by atoms with Gasteiger partial charge in [0, 0.05) is 38.2 Å². The summed E-state index contributed by atoms with van der Waals surface area (Å²) in [4.78, 5) is 20.2. The summed E-state index contributed by atoms with van der Waals surface area (Å²) in [5.41, 5.74) is 1.16. The molecule has 100 valence electrons. The molecule has 2 heterocycles. The molecule has 2 aromatic rings. The molecule has 0 unspecified atom stereocenters. The molecule has 19 heavy (non-hydrogen) atoms. The lowest BCUT2D eigenvalue weighted by Crippen LogP contribution is -2.30. The fourth-order valence-corrected chi connectivity index (χ4v) is 2.17. The Bertz CT molecular complexity index is 597. The number of halogens is 1. The zero-order chi connectivity index (χ0) is 13.7. The molecule has 5 nitrogen and oxygen atoms in total. The van der Waals surface area contributed by atoms with E-state index in [0.29, 0.717) is 10.1 Å². The second-order valence-electron chi connectivity index (χ2n) is 4.15. The number of nitrogens with zero attached hydrogens (tertiary/aromatic N) is 3. The SMILES string of the molecule is Cc1ncc(I)c(=O)n1CCNCc1cccnc1. The van der Waals surface area contributed by atoms with Gasteiger partial charge >= 0.3 is 0 Å². The Hall–Kier alpha value is -1.28. The smallest absolute Gasteiger partial charge is 0.266 e. The predicted octanol–water partition coefficient (Wildman–Crippen LogP) is 1.34. The van der Waals surface area contributed by atoms with Crippen molar-refractivity contribution in [2.24, 2.45) is 0 Å². The molecule has 0 aliphatic heterocycles. The molecule has 0 bridgehead atoms. The van der Waals surface area contributed by atoms with Gasteiger partial charge in [-0.15, -0.1) is 0 Å². The Labute approximate surface area is 125 Å². The zero-order valence-electron chi connectivity index (χ0n) is 10.6. The first-order chi connectivity index (χ1) is 9.18. The Morgan fingerprint density at radius 3 is 3.00 bits per heavy atom. The third kappa shape index (κ3) is 3.84. The van der Waals surface area contributed by atoms with Gasteiger partial charge in [0.2, 0.25) is 0 Å². The Morgan fingerprint density at radius 1 is 1.42 bits per heavy atom. The van der Waals surface area contributed by atoms with E-state index < -0.39 is 0 Å². The van der Waals surface area contributed by atoms with Gasteiger partial charge in [0.15, 0.2) is 0 Å². The van der Waals surface area contributed by atoms with Crippen molar-refractivity contribution < 1.29 is 0 Å². The number of aryl methyl sites for hydroxylation is 1. The lowest BCUT2D eigenvalue weighted by molar-refractivity contribution is 0.563. The largest absolute Gasteiger partial charge is 0.311 e. The van der Waals surface area contributed by atoms with Crippen LogP contribution >= 0.6 is 22.6 Å². The van der Waals surface area contributed by atoms with E-state index in [1.54, 1.807) is 17.0 Å². The molecule has 0 saturated carbocycles. The van der Waals surface area contributed by atoms with Gasteiger partial charge < -0.3 is 5.32 Å². The third-order valence-corrected chi connectivity index (χ3v) is 3.51. The van der Waals surface area contributed by atoms with Crippen LogP contribution in [0.4, 0.5) is 0 Å². The molecule has 0 amide bonds. The molecule has 2 aromatic heterocycles. The summed E-state index contributed by atoms with van der Waals surface area (Å²) in [6.07, 6.45) is 5.19. The molecule has 1 N–H and O–H groups in total. The van der Waals surface area contributed by atoms with Gasteiger partial charge in [0.1, 0.15) is 5.82 Å². The van der Waals surface area contributed by atoms with Crippen molar-refractivity contribution in [2.45, 2.75) is 20.0 Å². The first-order valence-corrected chi connectivity index (χ1v) is 7.08. The Balaban J connectivity index is 1.90. The lowest BCUT2D eigenvalue weighted by Gasteiger charge is -2.10. The highest BCUT2D eigenvalue weighted by Gasteiger charge is 2.04. The monoisotopic (exact) mass is 370 g/mol. The molecule has 0 aliphatic carbocycles. The molecule has 2 rings (SSSR count). The van der Waals surface area contributed by atoms with Gasteiger partial charge in [-0.05, 0) is 41.1 Å². The molecule has 0 radical (unpaired) electrons. The van der Waals surface area contributed by atoms with Gasteiger partial charge in [-0.1, -0.05) is 6.07 Å². The quantitative estimate of drug-likeness (QED) is 0.638. The molecule has 6 heteroatoms. The van der Waals surface area contributed by atoms with E-state index in [9.17, 15) is 4.79 Å². The van der Waals surface area contributed by atoms with E-state index in [2.05, 4.69) is 15.3 Å². The van der Waals surface area contributed by atoms with Crippen LogP contribution in [0.2, 0.25) is 0 Å². The van der Waals surface area contributed by atoms with Crippen LogP contribution < -0.4 is 10.9 Å². The molecule has 0 aliphatic rings. The number of nitrogens with one attached hydrogen (secondary N) is 1. The van der Waals surface area contributed by atoms with Crippen LogP contribution in [0.5, 0.6) is 0 Å². The minimum Gasteiger partial charge on any atom is -0.311 e. The molecule has 0 atom stereocenters. The van der Waals surface area contributed by atoms with Crippen LogP contribution in [0.3, 0.4) is 0 Å². The highest BCUT2D eigenvalue weighted by atomic mass is 127. The first kappa shape index (κ1) is 14.1. The second kappa shape index (κ2) is 6.76. The van der Waals surface area contributed by atoms with Crippen molar-refractivity contribution in [1.29, 1.82) is 0 Å². The summed E-state index contributed by atoms with van der Waals surface area (Å²) in [5.74, 6) is 0.744. The van der Waals surface area contributed by atoms with E-state index in [1.807, 2.05) is 47.8 Å². The number of aromatic nitrogens is 3. The number of pyridine rings is 1. The standard InChI is InChI=1S/C13H15IN4O/c1-10-17-9-12(14)13(19)18(10)6-5-16-8-11-3-2-4-15-7-11/h2-4,7,9,16H,5-6,8H2,1H3. The summed E-state index contributed by atoms with van der Waals surface area (Å²) >= 11 is 2.01. The molecule has 0 aromatic carbocycles. The maximum Gasteiger partial charge on any atom is 0.266 e. The fourth-order valence-electron chi connectivity index (χ4n) is 1.74. The van der Waals surface area contributed by atoms with E-state index in [-0.39, 0.29) is 5.56 Å². The Kier molecular flexibility index (Phi) is 5.03. The predicted molar refractivity (Wildman–Crippen MR) is 81.9 cm³/mol. The summed E-state index contributed by atoms with van der Waals surface area (Å²) in [7, 11) is 0. The van der Waals surface area contributed by atoms with E-state index >= 15 is 0 Å². The average molecular weight is 370 g/mol. The van der Waals surface area contributed by atoms with Crippen molar-refractivity contribution in [2.75, 3.05) is 6.54 Å². The van der Waals surface area contributed by atoms with Crippen molar-refractivity contribution >= 4 is 22.6 Å². The van der Waals surface area contributed by atoms with Gasteiger partial charge in [-0.25, -0.2) is 4.98 Å². The van der Waals surface area contributed by atoms with Crippen molar-refractivity contribution in [3.8, 4) is 0 Å². The van der Waals surface area contributed by atoms with Crippen LogP contribution in [0.1, 0.15) is 11.4 Å². The van der Waals surface area contributed by atoms with Gasteiger partial charge in [0.05, 0.1) is 3.57 Å². The summed E-state index contributed by atoms with van der Waals surface area (Å²) in [6, 6.07) is 3.93. The number of hydrogen-bond acceptors (Lipinski definition) is 4. The molecular weight excluding hydrogens is 355 g/mol. The molecule has 0 fully saturated rings. The number of rotatable bonds is 5.